The number of hydrogen-bond donors (Lipinski definition) is 1. The lowest BCUT2D eigenvalue weighted by Crippen LogP contribution is -2.09. The molecule has 0 atom stereocenters. The van der Waals surface area contributed by atoms with Gasteiger partial charge in [-0.15, -0.1) is 0 Å². The molecular formula is C13H20O4S. The van der Waals surface area contributed by atoms with Gasteiger partial charge < -0.3 is 9.84 Å². The zero-order valence-electron chi connectivity index (χ0n) is 10.6. The SMILES string of the molecule is COc1cccc(CS(=O)(=O)CCCCCO)c1. The Bertz CT molecular complexity index is 454. The molecule has 5 heteroatoms. The van der Waals surface area contributed by atoms with Crippen molar-refractivity contribution in [2.45, 2.75) is 25.0 Å². The van der Waals surface area contributed by atoms with Gasteiger partial charge in [-0.3, -0.25) is 0 Å². The van der Waals surface area contributed by atoms with E-state index in [9.17, 15) is 8.42 Å². The third-order valence-corrected chi connectivity index (χ3v) is 4.32. The summed E-state index contributed by atoms with van der Waals surface area (Å²) < 4.78 is 28.8. The molecule has 0 amide bonds. The number of hydrogen-bond acceptors (Lipinski definition) is 4. The normalized spacial score (nSPS) is 11.4. The Balaban J connectivity index is 2.53. The fourth-order valence-electron chi connectivity index (χ4n) is 1.70. The lowest BCUT2D eigenvalue weighted by atomic mass is 10.2. The largest absolute Gasteiger partial charge is 0.497 e. The number of aliphatic hydroxyl groups excluding tert-OH is 1. The van der Waals surface area contributed by atoms with Crippen molar-refractivity contribution in [2.24, 2.45) is 0 Å². The molecule has 4 nitrogen and oxygen atoms in total. The minimum atomic E-state index is -3.08. The van der Waals surface area contributed by atoms with Crippen LogP contribution in [0.5, 0.6) is 5.75 Å². The summed E-state index contributed by atoms with van der Waals surface area (Å²) in [7, 11) is -1.52. The van der Waals surface area contributed by atoms with Gasteiger partial charge in [0.2, 0.25) is 0 Å². The average molecular weight is 272 g/mol. The minimum Gasteiger partial charge on any atom is -0.497 e. The van der Waals surface area contributed by atoms with Crippen molar-refractivity contribution in [3.05, 3.63) is 29.8 Å². The van der Waals surface area contributed by atoms with E-state index in [4.69, 9.17) is 9.84 Å². The number of methoxy groups -OCH3 is 1. The van der Waals surface area contributed by atoms with Gasteiger partial charge in [-0.1, -0.05) is 18.6 Å². The highest BCUT2D eigenvalue weighted by Gasteiger charge is 2.12. The first kappa shape index (κ1) is 15.0. The highest BCUT2D eigenvalue weighted by atomic mass is 32.2. The first-order valence-corrected chi connectivity index (χ1v) is 7.84. The molecule has 1 aromatic rings. The number of unbranched alkanes of at least 4 members (excludes halogenated alkanes) is 2. The molecule has 0 spiro atoms. The van der Waals surface area contributed by atoms with Crippen LogP contribution in [-0.2, 0) is 15.6 Å². The summed E-state index contributed by atoms with van der Waals surface area (Å²) in [5.74, 6) is 0.885. The Hall–Kier alpha value is -1.07. The zero-order chi connectivity index (χ0) is 13.4. The number of benzene rings is 1. The van der Waals surface area contributed by atoms with E-state index in [1.165, 1.54) is 0 Å². The van der Waals surface area contributed by atoms with Gasteiger partial charge in [-0.2, -0.15) is 0 Å². The van der Waals surface area contributed by atoms with Crippen molar-refractivity contribution in [2.75, 3.05) is 19.5 Å². The summed E-state index contributed by atoms with van der Waals surface area (Å²) in [5.41, 5.74) is 0.747. The van der Waals surface area contributed by atoms with Gasteiger partial charge in [0.15, 0.2) is 9.84 Å². The van der Waals surface area contributed by atoms with E-state index in [-0.39, 0.29) is 18.1 Å². The van der Waals surface area contributed by atoms with Gasteiger partial charge in [0.1, 0.15) is 5.75 Å². The number of ether oxygens (including phenoxy) is 1. The maximum absolute atomic E-state index is 11.9. The first-order chi connectivity index (χ1) is 8.57. The molecule has 0 unspecified atom stereocenters. The molecule has 18 heavy (non-hydrogen) atoms. The van der Waals surface area contributed by atoms with Crippen molar-refractivity contribution in [3.8, 4) is 5.75 Å². The highest BCUT2D eigenvalue weighted by molar-refractivity contribution is 7.90. The zero-order valence-corrected chi connectivity index (χ0v) is 11.4. The molecule has 0 aromatic heterocycles. The summed E-state index contributed by atoms with van der Waals surface area (Å²) in [4.78, 5) is 0. The van der Waals surface area contributed by atoms with Crippen LogP contribution in [0, 0.1) is 0 Å². The highest BCUT2D eigenvalue weighted by Crippen LogP contribution is 2.15. The van der Waals surface area contributed by atoms with E-state index in [2.05, 4.69) is 0 Å². The Morgan fingerprint density at radius 1 is 1.22 bits per heavy atom. The maximum atomic E-state index is 11.9. The number of sulfone groups is 1. The van der Waals surface area contributed by atoms with Crippen LogP contribution in [0.3, 0.4) is 0 Å². The quantitative estimate of drug-likeness (QED) is 0.733. The molecule has 0 fully saturated rings. The topological polar surface area (TPSA) is 63.6 Å². The lowest BCUT2D eigenvalue weighted by Gasteiger charge is -2.06. The lowest BCUT2D eigenvalue weighted by molar-refractivity contribution is 0.284. The molecule has 0 bridgehead atoms. The van der Waals surface area contributed by atoms with Crippen LogP contribution in [-0.4, -0.2) is 33.0 Å². The van der Waals surface area contributed by atoms with E-state index in [0.717, 1.165) is 12.0 Å². The first-order valence-electron chi connectivity index (χ1n) is 6.01. The van der Waals surface area contributed by atoms with Crippen LogP contribution in [0.1, 0.15) is 24.8 Å². The molecule has 0 aliphatic rings. The number of aliphatic hydroxyl groups is 1. The van der Waals surface area contributed by atoms with Crippen LogP contribution >= 0.6 is 0 Å². The fraction of sp³-hybridized carbons (Fsp3) is 0.538. The van der Waals surface area contributed by atoms with Crippen molar-refractivity contribution in [1.82, 2.24) is 0 Å². The smallest absolute Gasteiger partial charge is 0.154 e. The molecule has 0 radical (unpaired) electrons. The second-order valence-electron chi connectivity index (χ2n) is 4.23. The second-order valence-corrected chi connectivity index (χ2v) is 6.41. The predicted octanol–water partition coefficient (Wildman–Crippen LogP) is 1.77. The van der Waals surface area contributed by atoms with Gasteiger partial charge in [0, 0.05) is 6.61 Å². The third-order valence-electron chi connectivity index (χ3n) is 2.63. The van der Waals surface area contributed by atoms with Crippen molar-refractivity contribution < 1.29 is 18.3 Å². The molecule has 0 aliphatic carbocycles. The van der Waals surface area contributed by atoms with E-state index < -0.39 is 9.84 Å². The average Bonchev–Trinajstić information content (AvgIpc) is 2.34. The molecule has 1 rings (SSSR count). The Morgan fingerprint density at radius 2 is 2.00 bits per heavy atom. The summed E-state index contributed by atoms with van der Waals surface area (Å²) in [6.45, 7) is 0.121. The summed E-state index contributed by atoms with van der Waals surface area (Å²) in [5, 5.41) is 8.63. The van der Waals surface area contributed by atoms with Gasteiger partial charge >= 0.3 is 0 Å². The predicted molar refractivity (Wildman–Crippen MR) is 71.4 cm³/mol. The van der Waals surface area contributed by atoms with Crippen LogP contribution in [0.2, 0.25) is 0 Å². The van der Waals surface area contributed by atoms with Crippen molar-refractivity contribution >= 4 is 9.84 Å². The van der Waals surface area contributed by atoms with Crippen LogP contribution in [0.15, 0.2) is 24.3 Å². The standard InChI is InChI=1S/C13H20O4S/c1-17-13-7-5-6-12(10-13)11-18(15,16)9-4-2-3-8-14/h5-7,10,14H,2-4,8-9,11H2,1H3. The minimum absolute atomic E-state index is 0.0450. The Kier molecular flexibility index (Phi) is 6.15. The fourth-order valence-corrected chi connectivity index (χ4v) is 3.17. The van der Waals surface area contributed by atoms with Crippen LogP contribution < -0.4 is 4.74 Å². The molecule has 102 valence electrons. The molecule has 0 saturated carbocycles. The molecule has 1 aromatic carbocycles. The monoisotopic (exact) mass is 272 g/mol. The van der Waals surface area contributed by atoms with E-state index >= 15 is 0 Å². The van der Waals surface area contributed by atoms with Gasteiger partial charge in [0.05, 0.1) is 18.6 Å². The molecule has 0 heterocycles. The van der Waals surface area contributed by atoms with Crippen molar-refractivity contribution in [1.29, 1.82) is 0 Å². The maximum Gasteiger partial charge on any atom is 0.154 e. The van der Waals surface area contributed by atoms with E-state index in [1.807, 2.05) is 0 Å². The molecule has 1 N–H and O–H groups in total. The number of rotatable bonds is 8. The third kappa shape index (κ3) is 5.51. The molecular weight excluding hydrogens is 252 g/mol. The Morgan fingerprint density at radius 3 is 2.67 bits per heavy atom. The van der Waals surface area contributed by atoms with Crippen LogP contribution in [0.4, 0.5) is 0 Å². The summed E-state index contributed by atoms with van der Waals surface area (Å²) in [6.07, 6.45) is 2.01. The van der Waals surface area contributed by atoms with E-state index in [0.29, 0.717) is 18.6 Å². The molecule has 0 aliphatic heterocycles. The van der Waals surface area contributed by atoms with Crippen LogP contribution in [0.25, 0.3) is 0 Å². The Labute approximate surface area is 109 Å². The second kappa shape index (κ2) is 7.38. The summed E-state index contributed by atoms with van der Waals surface area (Å²) in [6, 6.07) is 7.10. The van der Waals surface area contributed by atoms with Gasteiger partial charge in [-0.25, -0.2) is 8.42 Å². The van der Waals surface area contributed by atoms with Crippen molar-refractivity contribution in [3.63, 3.8) is 0 Å². The van der Waals surface area contributed by atoms with Gasteiger partial charge in [0.25, 0.3) is 0 Å². The van der Waals surface area contributed by atoms with E-state index in [1.54, 1.807) is 31.4 Å². The summed E-state index contributed by atoms with van der Waals surface area (Å²) >= 11 is 0. The van der Waals surface area contributed by atoms with Gasteiger partial charge in [-0.05, 0) is 30.5 Å². The molecule has 0 saturated heterocycles.